The molecule has 2 amide bonds. The van der Waals surface area contributed by atoms with Crippen LogP contribution < -0.4 is 21.5 Å². The minimum absolute atomic E-state index is 0.0884. The Morgan fingerprint density at radius 2 is 1.00 bits per heavy atom. The third kappa shape index (κ3) is 33.3. The number of benzene rings is 2. The first-order valence-electron chi connectivity index (χ1n) is 16.8. The maximum absolute atomic E-state index is 11.5. The highest BCUT2D eigenvalue weighted by Gasteiger charge is 2.21. The van der Waals surface area contributed by atoms with Crippen molar-refractivity contribution in [1.82, 2.24) is 14.9 Å². The van der Waals surface area contributed by atoms with Crippen molar-refractivity contribution in [3.63, 3.8) is 0 Å². The normalized spacial score (nSPS) is 10.8. The van der Waals surface area contributed by atoms with Gasteiger partial charge >= 0.3 is 18.2 Å². The summed E-state index contributed by atoms with van der Waals surface area (Å²) in [5, 5.41) is 23.6. The highest BCUT2D eigenvalue weighted by molar-refractivity contribution is 7.93. The smallest absolute Gasteiger partial charge is 0.407 e. The number of nitrogens with zero attached hydrogens (tertiary/aromatic N) is 1. The molecule has 0 aromatic heterocycles. The standard InChI is InChI=1S/C14H19NO5S.C10H11NO4.C6H13NO3S.C2H8N2O2S.C2H6O/c1-11(2)21(18,19)10-13(16)8-15-14(17)20-9-12-6-4-3-5-7-12;12-9(13)6-11-10(14)15-7-8-4-2-1-3-5-8;1-5(2)11(9,10)4-6(8)3-7;1-4(2)7(3,5)6;1-2-3/h3-7,11H,8-10H2,1-2H3,(H,15,17);1-5H,6-7H2,(H,11,14)(H,12,13);5H,3-4,7H2,1-2H3;1-2H3,(H2,3,5,6);3H,2H2,1H3. The van der Waals surface area contributed by atoms with E-state index in [2.05, 4.69) is 15.8 Å². The lowest BCUT2D eigenvalue weighted by atomic mass is 10.2. The Labute approximate surface area is 335 Å². The van der Waals surface area contributed by atoms with E-state index in [4.69, 9.17) is 25.4 Å². The second-order valence-corrected chi connectivity index (χ2v) is 18.7. The fraction of sp³-hybridized carbons (Fsp3) is 0.500. The molecule has 57 heavy (non-hydrogen) atoms. The number of sulfone groups is 2. The van der Waals surface area contributed by atoms with Crippen LogP contribution in [0.1, 0.15) is 45.7 Å². The van der Waals surface area contributed by atoms with Crippen molar-refractivity contribution in [2.24, 2.45) is 10.9 Å². The van der Waals surface area contributed by atoms with E-state index in [0.29, 0.717) is 0 Å². The first-order chi connectivity index (χ1) is 26.2. The van der Waals surface area contributed by atoms with Gasteiger partial charge in [-0.05, 0) is 45.7 Å². The molecular weight excluding hydrogens is 815 g/mol. The minimum atomic E-state index is -3.44. The Balaban J connectivity index is -0.000000710. The first kappa shape index (κ1) is 56.8. The summed E-state index contributed by atoms with van der Waals surface area (Å²) in [5.74, 6) is -3.11. The number of ether oxygens (including phenoxy) is 2. The summed E-state index contributed by atoms with van der Waals surface area (Å²) < 4.78 is 75.8. The van der Waals surface area contributed by atoms with Crippen molar-refractivity contribution in [3.05, 3.63) is 71.8 Å². The molecule has 0 atom stereocenters. The number of ketones is 2. The summed E-state index contributed by atoms with van der Waals surface area (Å²) in [4.78, 5) is 54.5. The minimum Gasteiger partial charge on any atom is -0.480 e. The number of hydrogen-bond acceptors (Lipinski definition) is 15. The maximum Gasteiger partial charge on any atom is 0.407 e. The number of hydrogen-bond donors (Lipinski definition) is 6. The van der Waals surface area contributed by atoms with Gasteiger partial charge in [-0.2, -0.15) is 12.7 Å². The SMILES string of the molecule is CC(C)S(=O)(=O)CC(=O)CN.CC(C)S(=O)(=O)CC(=O)CNC(=O)OCc1ccccc1.CCO.CN(C)S(N)(=O)=O.O=C(O)CNC(=O)OCc1ccccc1. The fourth-order valence-electron chi connectivity index (χ4n) is 2.76. The van der Waals surface area contributed by atoms with Crippen LogP contribution in [0.2, 0.25) is 0 Å². The van der Waals surface area contributed by atoms with Crippen molar-refractivity contribution < 1.29 is 68.9 Å². The molecule has 0 saturated heterocycles. The van der Waals surface area contributed by atoms with Crippen LogP contribution >= 0.6 is 0 Å². The third-order valence-electron chi connectivity index (χ3n) is 6.14. The average Bonchev–Trinajstić information content (AvgIpc) is 3.12. The number of nitrogens with one attached hydrogen (secondary N) is 2. The van der Waals surface area contributed by atoms with Crippen molar-refractivity contribution in [3.8, 4) is 0 Å². The van der Waals surface area contributed by atoms with Crippen molar-refractivity contribution in [2.45, 2.75) is 58.3 Å². The van der Waals surface area contributed by atoms with E-state index in [1.165, 1.54) is 27.9 Å². The summed E-state index contributed by atoms with van der Waals surface area (Å²) in [7, 11) is -7.35. The van der Waals surface area contributed by atoms with Gasteiger partial charge in [0.2, 0.25) is 0 Å². The van der Waals surface area contributed by atoms with Crippen molar-refractivity contribution >= 4 is 59.6 Å². The second kappa shape index (κ2) is 30.6. The Morgan fingerprint density at radius 1 is 0.684 bits per heavy atom. The van der Waals surface area contributed by atoms with Gasteiger partial charge in [-0.1, -0.05) is 60.7 Å². The predicted molar refractivity (Wildman–Crippen MR) is 213 cm³/mol. The topological polar surface area (TPSA) is 326 Å². The van der Waals surface area contributed by atoms with Gasteiger partial charge in [0.15, 0.2) is 31.2 Å². The summed E-state index contributed by atoms with van der Waals surface area (Å²) >= 11 is 0. The molecule has 0 aliphatic carbocycles. The monoisotopic (exact) mass is 871 g/mol. The zero-order valence-corrected chi connectivity index (χ0v) is 35.6. The molecule has 2 aromatic rings. The fourth-order valence-corrected chi connectivity index (χ4v) is 4.54. The average molecular weight is 872 g/mol. The number of carboxylic acids is 1. The predicted octanol–water partition coefficient (Wildman–Crippen LogP) is 0.390. The molecule has 0 aliphatic rings. The molecule has 326 valence electrons. The van der Waals surface area contributed by atoms with E-state index in [-0.39, 0.29) is 32.9 Å². The number of amides is 2. The van der Waals surface area contributed by atoms with Crippen LogP contribution in [-0.2, 0) is 67.0 Å². The summed E-state index contributed by atoms with van der Waals surface area (Å²) in [6, 6.07) is 18.2. The molecule has 0 heterocycles. The van der Waals surface area contributed by atoms with E-state index in [1.54, 1.807) is 32.9 Å². The Morgan fingerprint density at radius 3 is 1.28 bits per heavy atom. The van der Waals surface area contributed by atoms with E-state index in [1.807, 2.05) is 48.5 Å². The number of carboxylic acid groups (broad SMARTS) is 1. The van der Waals surface area contributed by atoms with Crippen LogP contribution in [0.25, 0.3) is 0 Å². The number of aliphatic carboxylic acids is 1. The molecule has 0 aliphatic heterocycles. The maximum atomic E-state index is 11.5. The molecule has 0 spiro atoms. The highest BCUT2D eigenvalue weighted by Crippen LogP contribution is 2.03. The summed E-state index contributed by atoms with van der Waals surface area (Å²) in [6.45, 7) is 7.24. The molecule has 20 nitrogen and oxygen atoms in total. The number of aliphatic hydroxyl groups is 1. The number of rotatable bonds is 16. The Bertz CT molecular complexity index is 1810. The third-order valence-corrected chi connectivity index (χ3v) is 11.5. The highest BCUT2D eigenvalue weighted by atomic mass is 32.2. The van der Waals surface area contributed by atoms with Gasteiger partial charge in [-0.25, -0.2) is 31.6 Å². The molecular formula is C34H57N5O15S3. The molecule has 2 aromatic carbocycles. The van der Waals surface area contributed by atoms with Crippen molar-refractivity contribution in [2.75, 3.05) is 51.8 Å². The van der Waals surface area contributed by atoms with Gasteiger partial charge < -0.3 is 36.1 Å². The van der Waals surface area contributed by atoms with Crippen LogP contribution in [0, 0.1) is 0 Å². The lowest BCUT2D eigenvalue weighted by molar-refractivity contribution is -0.136. The van der Waals surface area contributed by atoms with Gasteiger partial charge in [0, 0.05) is 20.7 Å². The van der Waals surface area contributed by atoms with E-state index in [0.717, 1.165) is 15.4 Å². The van der Waals surface area contributed by atoms with E-state index < -0.39 is 88.2 Å². The van der Waals surface area contributed by atoms with Crippen LogP contribution in [0.4, 0.5) is 9.59 Å². The van der Waals surface area contributed by atoms with Gasteiger partial charge in [0.05, 0.1) is 23.6 Å². The Hall–Kier alpha value is -4.52. The lowest BCUT2D eigenvalue weighted by Gasteiger charge is -2.08. The quantitative estimate of drug-likeness (QED) is 0.133. The number of carbonyl (C=O) groups is 5. The van der Waals surface area contributed by atoms with E-state index >= 15 is 0 Å². The molecule has 8 N–H and O–H groups in total. The second-order valence-electron chi connectivity index (χ2n) is 11.9. The molecule has 0 fully saturated rings. The van der Waals surface area contributed by atoms with Gasteiger partial charge in [-0.3, -0.25) is 14.4 Å². The molecule has 0 saturated carbocycles. The Kier molecular flexibility index (Phi) is 30.5. The van der Waals surface area contributed by atoms with Crippen molar-refractivity contribution in [1.29, 1.82) is 0 Å². The molecule has 0 radical (unpaired) electrons. The molecule has 2 rings (SSSR count). The zero-order valence-electron chi connectivity index (χ0n) is 33.1. The number of aliphatic hydroxyl groups excluding tert-OH is 1. The number of Topliss-reactive ketones (excluding diaryl/α,β-unsaturated/α-hetero) is 2. The number of nitrogens with two attached hydrogens (primary N) is 2. The summed E-state index contributed by atoms with van der Waals surface area (Å²) in [5.41, 5.74) is 6.64. The van der Waals surface area contributed by atoms with Crippen LogP contribution in [0.3, 0.4) is 0 Å². The largest absolute Gasteiger partial charge is 0.480 e. The van der Waals surface area contributed by atoms with Crippen LogP contribution in [0.15, 0.2) is 60.7 Å². The molecule has 23 heteroatoms. The molecule has 0 unspecified atom stereocenters. The number of alkyl carbamates (subject to hydrolysis) is 2. The summed E-state index contributed by atoms with van der Waals surface area (Å²) in [6.07, 6.45) is -1.49. The van der Waals surface area contributed by atoms with Gasteiger partial charge in [0.1, 0.15) is 31.3 Å². The lowest BCUT2D eigenvalue weighted by Crippen LogP contribution is -2.34. The molecule has 0 bridgehead atoms. The van der Waals surface area contributed by atoms with Gasteiger partial charge in [0.25, 0.3) is 10.2 Å². The zero-order chi connectivity index (χ0) is 44.8. The van der Waals surface area contributed by atoms with Crippen LogP contribution in [0.5, 0.6) is 0 Å². The first-order valence-corrected chi connectivity index (χ1v) is 21.8. The number of carbonyl (C=O) groups excluding carboxylic acids is 4. The van der Waals surface area contributed by atoms with Crippen LogP contribution in [-0.4, -0.2) is 132 Å². The van der Waals surface area contributed by atoms with Gasteiger partial charge in [-0.15, -0.1) is 0 Å². The van der Waals surface area contributed by atoms with E-state index in [9.17, 15) is 49.2 Å².